The number of rotatable bonds is 6. The van der Waals surface area contributed by atoms with E-state index >= 15 is 0 Å². The highest BCUT2D eigenvalue weighted by atomic mass is 35.5. The molecule has 1 amide bonds. The van der Waals surface area contributed by atoms with Crippen LogP contribution in [0.25, 0.3) is 11.4 Å². The van der Waals surface area contributed by atoms with Gasteiger partial charge in [0.25, 0.3) is 0 Å². The van der Waals surface area contributed by atoms with Gasteiger partial charge in [0.1, 0.15) is 0 Å². The molecule has 0 aliphatic rings. The first-order chi connectivity index (χ1) is 13.0. The minimum atomic E-state index is -0.320. The Bertz CT molecular complexity index is 939. The van der Waals surface area contributed by atoms with Crippen LogP contribution in [-0.4, -0.2) is 25.9 Å². The molecule has 7 heteroatoms. The molecule has 0 unspecified atom stereocenters. The number of aromatic nitrogens is 3. The zero-order chi connectivity index (χ0) is 19.4. The van der Waals surface area contributed by atoms with Crippen molar-refractivity contribution in [2.45, 2.75) is 37.7 Å². The van der Waals surface area contributed by atoms with E-state index in [-0.39, 0.29) is 11.2 Å². The van der Waals surface area contributed by atoms with E-state index < -0.39 is 0 Å². The van der Waals surface area contributed by atoms with Crippen LogP contribution >= 0.6 is 23.4 Å². The number of benzene rings is 2. The predicted molar refractivity (Wildman–Crippen MR) is 111 cm³/mol. The van der Waals surface area contributed by atoms with Gasteiger partial charge < -0.3 is 9.88 Å². The van der Waals surface area contributed by atoms with Gasteiger partial charge in [-0.05, 0) is 50.6 Å². The van der Waals surface area contributed by atoms with Gasteiger partial charge >= 0.3 is 0 Å². The largest absolute Gasteiger partial charge is 0.325 e. The van der Waals surface area contributed by atoms with Crippen molar-refractivity contribution in [1.82, 2.24) is 14.8 Å². The molecular formula is C20H21ClN4OS. The maximum atomic E-state index is 12.5. The Morgan fingerprint density at radius 1 is 1.19 bits per heavy atom. The van der Waals surface area contributed by atoms with Crippen molar-refractivity contribution in [2.24, 2.45) is 0 Å². The van der Waals surface area contributed by atoms with E-state index in [0.717, 1.165) is 34.3 Å². The van der Waals surface area contributed by atoms with E-state index in [4.69, 9.17) is 11.6 Å². The second-order valence-electron chi connectivity index (χ2n) is 6.12. The first-order valence-corrected chi connectivity index (χ1v) is 9.97. The summed E-state index contributed by atoms with van der Waals surface area (Å²) in [4.78, 5) is 12.5. The maximum Gasteiger partial charge on any atom is 0.237 e. The van der Waals surface area contributed by atoms with E-state index in [1.165, 1.54) is 11.8 Å². The molecule has 0 aliphatic carbocycles. The van der Waals surface area contributed by atoms with Crippen LogP contribution in [0, 0.1) is 6.92 Å². The Morgan fingerprint density at radius 3 is 2.56 bits per heavy atom. The molecule has 1 N–H and O–H groups in total. The van der Waals surface area contributed by atoms with Crippen LogP contribution in [0.2, 0.25) is 5.02 Å². The molecule has 1 aromatic heterocycles. The van der Waals surface area contributed by atoms with E-state index in [0.29, 0.717) is 5.02 Å². The zero-order valence-electron chi connectivity index (χ0n) is 15.4. The molecule has 0 spiro atoms. The van der Waals surface area contributed by atoms with E-state index in [9.17, 15) is 4.79 Å². The molecule has 0 radical (unpaired) electrons. The molecule has 0 aliphatic heterocycles. The number of carbonyl (C=O) groups is 1. The second-order valence-corrected chi connectivity index (χ2v) is 7.87. The SMILES string of the molecule is CCn1c(S[C@H](C)C(=O)Nc2ccc(Cl)cc2)nnc1-c1ccccc1C. The van der Waals surface area contributed by atoms with Crippen LogP contribution in [0.1, 0.15) is 19.4 Å². The Kier molecular flexibility index (Phi) is 6.19. The van der Waals surface area contributed by atoms with Gasteiger partial charge in [0.2, 0.25) is 5.91 Å². The number of amides is 1. The highest BCUT2D eigenvalue weighted by Crippen LogP contribution is 2.28. The lowest BCUT2D eigenvalue weighted by Gasteiger charge is -2.13. The number of hydrogen-bond donors (Lipinski definition) is 1. The summed E-state index contributed by atoms with van der Waals surface area (Å²) in [5.74, 6) is 0.730. The zero-order valence-corrected chi connectivity index (χ0v) is 17.0. The lowest BCUT2D eigenvalue weighted by molar-refractivity contribution is -0.115. The number of carbonyl (C=O) groups excluding carboxylic acids is 1. The van der Waals surface area contributed by atoms with Gasteiger partial charge in [-0.2, -0.15) is 0 Å². The molecule has 2 aromatic carbocycles. The number of anilines is 1. The Hall–Kier alpha value is -2.31. The topological polar surface area (TPSA) is 59.8 Å². The van der Waals surface area contributed by atoms with Crippen molar-refractivity contribution in [2.75, 3.05) is 5.32 Å². The van der Waals surface area contributed by atoms with Crippen molar-refractivity contribution in [1.29, 1.82) is 0 Å². The van der Waals surface area contributed by atoms with Crippen LogP contribution < -0.4 is 5.32 Å². The predicted octanol–water partition coefficient (Wildman–Crippen LogP) is 5.05. The van der Waals surface area contributed by atoms with Crippen molar-refractivity contribution in [3.8, 4) is 11.4 Å². The van der Waals surface area contributed by atoms with Gasteiger partial charge in [0.05, 0.1) is 5.25 Å². The molecule has 27 heavy (non-hydrogen) atoms. The van der Waals surface area contributed by atoms with Crippen LogP contribution in [0.4, 0.5) is 5.69 Å². The molecule has 0 bridgehead atoms. The molecule has 0 saturated heterocycles. The van der Waals surface area contributed by atoms with Gasteiger partial charge in [0, 0.05) is 22.8 Å². The number of nitrogens with one attached hydrogen (secondary N) is 1. The number of nitrogens with zero attached hydrogens (tertiary/aromatic N) is 3. The number of halogens is 1. The first-order valence-electron chi connectivity index (χ1n) is 8.72. The molecule has 3 rings (SSSR count). The van der Waals surface area contributed by atoms with Gasteiger partial charge in [-0.15, -0.1) is 10.2 Å². The average molecular weight is 401 g/mol. The smallest absolute Gasteiger partial charge is 0.237 e. The molecule has 0 fully saturated rings. The number of thioether (sulfide) groups is 1. The van der Waals surface area contributed by atoms with E-state index in [1.54, 1.807) is 24.3 Å². The molecule has 1 atom stereocenters. The summed E-state index contributed by atoms with van der Waals surface area (Å²) >= 11 is 7.28. The molecule has 140 valence electrons. The fourth-order valence-corrected chi connectivity index (χ4v) is 3.71. The van der Waals surface area contributed by atoms with Gasteiger partial charge in [-0.3, -0.25) is 4.79 Å². The summed E-state index contributed by atoms with van der Waals surface area (Å²) in [7, 11) is 0. The third kappa shape index (κ3) is 4.51. The minimum Gasteiger partial charge on any atom is -0.325 e. The summed E-state index contributed by atoms with van der Waals surface area (Å²) in [6.45, 7) is 6.69. The average Bonchev–Trinajstić information content (AvgIpc) is 3.06. The van der Waals surface area contributed by atoms with Gasteiger partial charge in [0.15, 0.2) is 11.0 Å². The van der Waals surface area contributed by atoms with Crippen LogP contribution in [0.15, 0.2) is 53.7 Å². The lowest BCUT2D eigenvalue weighted by atomic mass is 10.1. The van der Waals surface area contributed by atoms with E-state index in [1.807, 2.05) is 36.6 Å². The third-order valence-corrected chi connectivity index (χ3v) is 5.51. The highest BCUT2D eigenvalue weighted by Gasteiger charge is 2.21. The fraction of sp³-hybridized carbons (Fsp3) is 0.250. The Morgan fingerprint density at radius 2 is 1.89 bits per heavy atom. The standard InChI is InChI=1S/C20H21ClN4OS/c1-4-25-18(17-8-6-5-7-13(17)2)23-24-20(25)27-14(3)19(26)22-16-11-9-15(21)10-12-16/h5-12,14H,4H2,1-3H3,(H,22,26)/t14-/m1/s1. The number of aryl methyl sites for hydroxylation is 1. The lowest BCUT2D eigenvalue weighted by Crippen LogP contribution is -2.22. The maximum absolute atomic E-state index is 12.5. The van der Waals surface area contributed by atoms with Gasteiger partial charge in [-0.1, -0.05) is 47.6 Å². The summed E-state index contributed by atoms with van der Waals surface area (Å²) in [6.07, 6.45) is 0. The van der Waals surface area contributed by atoms with Crippen molar-refractivity contribution >= 4 is 35.0 Å². The van der Waals surface area contributed by atoms with Crippen LogP contribution in [0.5, 0.6) is 0 Å². The first kappa shape index (κ1) is 19.5. The van der Waals surface area contributed by atoms with Gasteiger partial charge in [-0.25, -0.2) is 0 Å². The molecule has 3 aromatic rings. The second kappa shape index (κ2) is 8.59. The fourth-order valence-electron chi connectivity index (χ4n) is 2.67. The Balaban J connectivity index is 1.76. The third-order valence-electron chi connectivity index (χ3n) is 4.18. The van der Waals surface area contributed by atoms with Crippen molar-refractivity contribution < 1.29 is 4.79 Å². The highest BCUT2D eigenvalue weighted by molar-refractivity contribution is 8.00. The van der Waals surface area contributed by atoms with E-state index in [2.05, 4.69) is 28.5 Å². The summed E-state index contributed by atoms with van der Waals surface area (Å²) in [6, 6.07) is 15.1. The minimum absolute atomic E-state index is 0.0922. The molecule has 1 heterocycles. The quantitative estimate of drug-likeness (QED) is 0.588. The Labute approximate surface area is 168 Å². The van der Waals surface area contributed by atoms with Crippen LogP contribution in [-0.2, 0) is 11.3 Å². The normalized spacial score (nSPS) is 12.0. The number of hydrogen-bond acceptors (Lipinski definition) is 4. The summed E-state index contributed by atoms with van der Waals surface area (Å²) < 4.78 is 2.04. The van der Waals surface area contributed by atoms with Crippen molar-refractivity contribution in [3.63, 3.8) is 0 Å². The molecule has 5 nitrogen and oxygen atoms in total. The molecular weight excluding hydrogens is 380 g/mol. The summed E-state index contributed by atoms with van der Waals surface area (Å²) in [5.41, 5.74) is 2.91. The molecule has 0 saturated carbocycles. The monoisotopic (exact) mass is 400 g/mol. The van der Waals surface area contributed by atoms with Crippen molar-refractivity contribution in [3.05, 3.63) is 59.1 Å². The van der Waals surface area contributed by atoms with Crippen LogP contribution in [0.3, 0.4) is 0 Å². The summed E-state index contributed by atoms with van der Waals surface area (Å²) in [5, 5.41) is 12.6.